The molecule has 33 heavy (non-hydrogen) atoms. The summed E-state index contributed by atoms with van der Waals surface area (Å²) < 4.78 is 44.2. The van der Waals surface area contributed by atoms with Crippen LogP contribution in [-0.2, 0) is 20.5 Å². The fourth-order valence-electron chi connectivity index (χ4n) is 4.11. The molecule has 0 amide bonds. The minimum atomic E-state index is -3.69. The van der Waals surface area contributed by atoms with Gasteiger partial charge in [0.15, 0.2) is 0 Å². The summed E-state index contributed by atoms with van der Waals surface area (Å²) in [6, 6.07) is 0. The first-order valence-corrected chi connectivity index (χ1v) is 28.2. The molecule has 6 nitrogen and oxygen atoms in total. The Balaban J connectivity index is 6.44. The van der Waals surface area contributed by atoms with E-state index in [4.69, 9.17) is 20.5 Å². The quantitative estimate of drug-likeness (QED) is 0.0961. The van der Waals surface area contributed by atoms with Crippen molar-refractivity contribution in [2.24, 2.45) is 0 Å². The summed E-state index contributed by atoms with van der Waals surface area (Å²) in [5.74, 6) is 0. The summed E-state index contributed by atoms with van der Waals surface area (Å²) in [4.78, 5) is 0. The van der Waals surface area contributed by atoms with Crippen LogP contribution in [0.1, 0.15) is 107 Å². The van der Waals surface area contributed by atoms with Gasteiger partial charge < -0.3 is 0 Å². The van der Waals surface area contributed by atoms with Crippen LogP contribution in [0.2, 0.25) is 17.7 Å². The van der Waals surface area contributed by atoms with Crippen molar-refractivity contribution in [3.8, 4) is 0 Å². The number of hydrogen-bond donors (Lipinski definition) is 0. The van der Waals surface area contributed by atoms with Crippen LogP contribution in [-0.4, -0.2) is 73.9 Å². The Morgan fingerprint density at radius 1 is 0.485 bits per heavy atom. The zero-order valence-corrected chi connectivity index (χ0v) is 30.0. The maximum absolute atomic E-state index is 7.54. The van der Waals surface area contributed by atoms with Crippen molar-refractivity contribution in [1.82, 2.24) is 0 Å². The maximum atomic E-state index is 7.54. The average molecular weight is 706 g/mol. The van der Waals surface area contributed by atoms with Crippen LogP contribution in [0.15, 0.2) is 0 Å². The van der Waals surface area contributed by atoms with E-state index in [0.29, 0.717) is 19.8 Å². The average Bonchev–Trinajstić information content (AvgIpc) is 2.79. The van der Waals surface area contributed by atoms with Gasteiger partial charge in [0.05, 0.1) is 0 Å². The van der Waals surface area contributed by atoms with Gasteiger partial charge in [-0.25, -0.2) is 0 Å². The Morgan fingerprint density at radius 2 is 0.848 bits per heavy atom. The first kappa shape index (κ1) is 34.6. The zero-order valence-electron chi connectivity index (χ0n) is 23.3. The van der Waals surface area contributed by atoms with Crippen LogP contribution in [0.5, 0.6) is 0 Å². The topological polar surface area (TPSA) is 55.4 Å². The molecule has 0 unspecified atom stereocenters. The molecule has 0 aromatic heterocycles. The van der Waals surface area contributed by atoms with Crippen molar-refractivity contribution in [2.75, 3.05) is 26.4 Å². The van der Waals surface area contributed by atoms with Crippen molar-refractivity contribution in [3.63, 3.8) is 0 Å². The summed E-state index contributed by atoms with van der Waals surface area (Å²) in [6.45, 7) is 19.4. The van der Waals surface area contributed by atoms with Crippen molar-refractivity contribution >= 4 is 47.5 Å². The van der Waals surface area contributed by atoms with Crippen molar-refractivity contribution in [3.05, 3.63) is 0 Å². The fourth-order valence-corrected chi connectivity index (χ4v) is 55.3. The van der Waals surface area contributed by atoms with Crippen LogP contribution >= 0.6 is 0 Å². The van der Waals surface area contributed by atoms with Gasteiger partial charge in [-0.05, 0) is 0 Å². The summed E-state index contributed by atoms with van der Waals surface area (Å²) >= 11 is -7.05. The Morgan fingerprint density at radius 3 is 1.15 bits per heavy atom. The SMILES string of the molecule is CCC[CH2][Sn]([CH2]CCC)([O]CC)[O][Sn]([CH2]CCC)([CH2]CCC)[O][Si](OCC)(OCC)OCC. The fraction of sp³-hybridized carbons (Fsp3) is 1.00. The molecule has 0 fully saturated rings. The van der Waals surface area contributed by atoms with Gasteiger partial charge in [-0.1, -0.05) is 0 Å². The van der Waals surface area contributed by atoms with E-state index >= 15 is 0 Å². The van der Waals surface area contributed by atoms with E-state index in [2.05, 4.69) is 34.6 Å². The molecule has 0 aromatic rings. The second kappa shape index (κ2) is 20.6. The summed E-state index contributed by atoms with van der Waals surface area (Å²) in [5.41, 5.74) is 0. The van der Waals surface area contributed by atoms with Gasteiger partial charge in [0.2, 0.25) is 0 Å². The van der Waals surface area contributed by atoms with E-state index in [9.17, 15) is 0 Å². The van der Waals surface area contributed by atoms with Crippen LogP contribution in [0, 0.1) is 0 Å². The van der Waals surface area contributed by atoms with Gasteiger partial charge >= 0.3 is 219 Å². The minimum absolute atomic E-state index is 0.515. The van der Waals surface area contributed by atoms with Gasteiger partial charge in [-0.2, -0.15) is 0 Å². The predicted octanol–water partition coefficient (Wildman–Crippen LogP) is 7.69. The number of rotatable bonds is 24. The van der Waals surface area contributed by atoms with Gasteiger partial charge in [0.25, 0.3) is 0 Å². The number of unbranched alkanes of at least 4 members (excludes halogenated alkanes) is 4. The molecule has 9 heteroatoms. The standard InChI is InChI=1S/C6H15O4Si.4C4H9.C2H5O.O.2Sn/c1-4-8-11(7,9-5-2)10-6-3;4*1-3-4-2;1-2-3;;;/h4-6H2,1-3H3;4*1,3-4H2,2H3;2H2,1H3;;;/q-1;;;;;-1;;2*+1. The molecule has 0 bridgehead atoms. The third-order valence-electron chi connectivity index (χ3n) is 5.70. The summed E-state index contributed by atoms with van der Waals surface area (Å²) in [5, 5.41) is 0. The molecule has 0 aliphatic rings. The van der Waals surface area contributed by atoms with Crippen LogP contribution in [0.25, 0.3) is 0 Å². The number of hydrogen-bond acceptors (Lipinski definition) is 6. The van der Waals surface area contributed by atoms with Gasteiger partial charge in [0.1, 0.15) is 0 Å². The summed E-state index contributed by atoms with van der Waals surface area (Å²) in [6.07, 6.45) is 9.18. The Bertz CT molecular complexity index is 426. The molecule has 200 valence electrons. The predicted molar refractivity (Wildman–Crippen MR) is 145 cm³/mol. The molecule has 0 radical (unpaired) electrons. The van der Waals surface area contributed by atoms with E-state index in [1.165, 1.54) is 25.7 Å². The van der Waals surface area contributed by atoms with Crippen molar-refractivity contribution in [2.45, 2.75) is 125 Å². The molecule has 0 rings (SSSR count). The summed E-state index contributed by atoms with van der Waals surface area (Å²) in [7, 11) is -3.27. The van der Waals surface area contributed by atoms with E-state index < -0.39 is 47.5 Å². The van der Waals surface area contributed by atoms with E-state index in [-0.39, 0.29) is 0 Å². The third-order valence-corrected chi connectivity index (χ3v) is 45.0. The molecule has 0 aliphatic carbocycles. The second-order valence-electron chi connectivity index (χ2n) is 8.67. The third kappa shape index (κ3) is 13.6. The van der Waals surface area contributed by atoms with Crippen molar-refractivity contribution < 1.29 is 20.5 Å². The van der Waals surface area contributed by atoms with Crippen LogP contribution in [0.4, 0.5) is 0 Å². The normalized spacial score (nSPS) is 13.1. The van der Waals surface area contributed by atoms with E-state index in [1.54, 1.807) is 0 Å². The molecular formula is C24H56O6SiSn2. The first-order chi connectivity index (χ1) is 15.9. The van der Waals surface area contributed by atoms with Crippen LogP contribution in [0.3, 0.4) is 0 Å². The Hall–Kier alpha value is 1.57. The molecule has 0 saturated carbocycles. The van der Waals surface area contributed by atoms with E-state index in [0.717, 1.165) is 50.0 Å². The molecule has 0 aromatic carbocycles. The molecule has 0 heterocycles. The van der Waals surface area contributed by atoms with Gasteiger partial charge in [0, 0.05) is 0 Å². The molecular weight excluding hydrogens is 650 g/mol. The van der Waals surface area contributed by atoms with Gasteiger partial charge in [-0.3, -0.25) is 0 Å². The zero-order chi connectivity index (χ0) is 25.1. The second-order valence-corrected chi connectivity index (χ2v) is 33.9. The molecule has 0 aliphatic heterocycles. The molecule has 0 N–H and O–H groups in total. The Labute approximate surface area is 217 Å². The molecule has 0 saturated heterocycles. The molecule has 0 spiro atoms. The van der Waals surface area contributed by atoms with Crippen LogP contribution < -0.4 is 0 Å². The Kier molecular flexibility index (Phi) is 21.6. The monoisotopic (exact) mass is 708 g/mol. The van der Waals surface area contributed by atoms with E-state index in [1.807, 2.05) is 20.8 Å². The van der Waals surface area contributed by atoms with Crippen molar-refractivity contribution in [1.29, 1.82) is 0 Å². The first-order valence-electron chi connectivity index (χ1n) is 13.9. The van der Waals surface area contributed by atoms with Gasteiger partial charge in [-0.15, -0.1) is 0 Å². The molecule has 0 atom stereocenters.